The number of phenols is 5. The molecule has 0 bridgehead atoms. The van der Waals surface area contributed by atoms with Gasteiger partial charge in [0.25, 0.3) is 0 Å². The van der Waals surface area contributed by atoms with Gasteiger partial charge in [-0.2, -0.15) is 0 Å². The third-order valence-corrected chi connectivity index (χ3v) is 4.85. The van der Waals surface area contributed by atoms with E-state index in [4.69, 9.17) is 13.9 Å². The Morgan fingerprint density at radius 3 is 2.19 bits per heavy atom. The Hall–Kier alpha value is -3.51. The van der Waals surface area contributed by atoms with Crippen molar-refractivity contribution in [2.45, 2.75) is 24.6 Å². The number of hydrogen-bond acceptors (Lipinski definition) is 10. The molecular weight excluding hydrogens is 416 g/mol. The van der Waals surface area contributed by atoms with Crippen LogP contribution in [0.25, 0.3) is 22.3 Å². The molecule has 0 amide bonds. The third-order valence-electron chi connectivity index (χ3n) is 4.85. The van der Waals surface area contributed by atoms with Gasteiger partial charge in [-0.3, -0.25) is 0 Å². The van der Waals surface area contributed by atoms with E-state index in [1.807, 2.05) is 0 Å². The van der Waals surface area contributed by atoms with E-state index in [2.05, 4.69) is 0 Å². The molecule has 164 valence electrons. The second-order valence-corrected chi connectivity index (χ2v) is 7.05. The minimum Gasteiger partial charge on any atom is -0.507 e. The minimum absolute atomic E-state index is 0.00692. The highest BCUT2D eigenvalue weighted by Gasteiger charge is 2.40. The van der Waals surface area contributed by atoms with E-state index in [-0.39, 0.29) is 46.1 Å². The molecule has 8 N–H and O–H groups in total. The van der Waals surface area contributed by atoms with Gasteiger partial charge in [0.1, 0.15) is 35.2 Å². The van der Waals surface area contributed by atoms with Gasteiger partial charge < -0.3 is 50.3 Å². The lowest BCUT2D eigenvalue weighted by atomic mass is 10.1. The average Bonchev–Trinajstić information content (AvgIpc) is 2.72. The fraction of sp³-hybridized carbons (Fsp3) is 0.250. The zero-order valence-corrected chi connectivity index (χ0v) is 15.7. The Kier molecular flexibility index (Phi) is 5.11. The van der Waals surface area contributed by atoms with Gasteiger partial charge >= 0.3 is 11.3 Å². The van der Waals surface area contributed by atoms with Gasteiger partial charge in [0.15, 0.2) is 17.2 Å². The van der Waals surface area contributed by atoms with E-state index in [9.17, 15) is 40.9 Å². The van der Waals surface area contributed by atoms with Gasteiger partial charge in [-0.25, -0.2) is 4.42 Å². The molecule has 0 spiro atoms. The third kappa shape index (κ3) is 3.70. The molecular formula is C20H19O11+. The van der Waals surface area contributed by atoms with Crippen molar-refractivity contribution in [1.82, 2.24) is 0 Å². The number of fused-ring (bicyclic) bond motifs is 1. The molecule has 11 heteroatoms. The van der Waals surface area contributed by atoms with E-state index in [0.717, 1.165) is 18.2 Å². The highest BCUT2D eigenvalue weighted by atomic mass is 16.7. The zero-order valence-electron chi connectivity index (χ0n) is 15.7. The maximum atomic E-state index is 10.2. The van der Waals surface area contributed by atoms with Crippen LogP contribution in [-0.2, 0) is 4.74 Å². The van der Waals surface area contributed by atoms with Crippen molar-refractivity contribution in [2.75, 3.05) is 6.61 Å². The number of hydrogen-bond donors (Lipinski definition) is 8. The number of aliphatic hydroxyl groups excluding tert-OH is 3. The fourth-order valence-corrected chi connectivity index (χ4v) is 3.22. The van der Waals surface area contributed by atoms with E-state index >= 15 is 0 Å². The number of aromatic hydroxyl groups is 5. The molecule has 0 saturated carbocycles. The molecule has 1 aromatic heterocycles. The van der Waals surface area contributed by atoms with Crippen LogP contribution in [-0.4, -0.2) is 72.1 Å². The molecule has 1 aliphatic rings. The van der Waals surface area contributed by atoms with Crippen molar-refractivity contribution in [3.05, 3.63) is 30.3 Å². The van der Waals surface area contributed by atoms with E-state index < -0.39 is 41.9 Å². The van der Waals surface area contributed by atoms with Gasteiger partial charge in [0, 0.05) is 24.3 Å². The van der Waals surface area contributed by atoms with Crippen molar-refractivity contribution < 1.29 is 54.7 Å². The van der Waals surface area contributed by atoms with E-state index in [0.29, 0.717) is 0 Å². The lowest BCUT2D eigenvalue weighted by molar-refractivity contribution is -0.242. The highest BCUT2D eigenvalue weighted by molar-refractivity contribution is 5.88. The molecule has 2 heterocycles. The molecule has 11 nitrogen and oxygen atoms in total. The first-order chi connectivity index (χ1) is 14.7. The van der Waals surface area contributed by atoms with Crippen LogP contribution in [0.4, 0.5) is 0 Å². The summed E-state index contributed by atoms with van der Waals surface area (Å²) < 4.78 is 16.6. The Morgan fingerprint density at radius 1 is 0.839 bits per heavy atom. The normalized spacial score (nSPS) is 23.7. The van der Waals surface area contributed by atoms with Crippen LogP contribution in [0.1, 0.15) is 0 Å². The average molecular weight is 435 g/mol. The van der Waals surface area contributed by atoms with Gasteiger partial charge in [-0.05, 0) is 0 Å². The molecule has 0 radical (unpaired) electrons. The summed E-state index contributed by atoms with van der Waals surface area (Å²) in [6.45, 7) is -0.330. The monoisotopic (exact) mass is 435 g/mol. The van der Waals surface area contributed by atoms with Crippen LogP contribution in [0.15, 0.2) is 34.7 Å². The van der Waals surface area contributed by atoms with E-state index in [1.54, 1.807) is 0 Å². The first-order valence-electron chi connectivity index (χ1n) is 9.06. The summed E-state index contributed by atoms with van der Waals surface area (Å²) in [6.07, 6.45) is -5.95. The molecule has 0 unspecified atom stereocenters. The molecule has 0 aliphatic carbocycles. The van der Waals surface area contributed by atoms with Crippen LogP contribution >= 0.6 is 0 Å². The molecule has 1 aliphatic heterocycles. The predicted octanol–water partition coefficient (Wildman–Crippen LogP) is 0.727. The van der Waals surface area contributed by atoms with Crippen LogP contribution < -0.4 is 4.74 Å². The number of aliphatic hydroxyl groups is 3. The van der Waals surface area contributed by atoms with Crippen LogP contribution in [0.2, 0.25) is 0 Å². The summed E-state index contributed by atoms with van der Waals surface area (Å²) in [7, 11) is 0. The zero-order chi connectivity index (χ0) is 22.4. The summed E-state index contributed by atoms with van der Waals surface area (Å²) in [4.78, 5) is 0. The quantitative estimate of drug-likeness (QED) is 0.214. The summed E-state index contributed by atoms with van der Waals surface area (Å²) >= 11 is 0. The van der Waals surface area contributed by atoms with E-state index in [1.165, 1.54) is 12.1 Å². The Balaban J connectivity index is 1.87. The van der Waals surface area contributed by atoms with Gasteiger partial charge in [0.05, 0.1) is 18.2 Å². The van der Waals surface area contributed by atoms with Crippen molar-refractivity contribution in [1.29, 1.82) is 0 Å². The standard InChI is InChI=1S/C20H18O11/c21-8-3-10(22)9-5-15(31-20-18(28)17(27)13(25)6-29-20)19(30-14(9)4-8)7-1-11(23)16(26)12(24)2-7/h1-5,13,17-18,20,25,27-28H,6H2,(H4-,21,22,23,24,26)/p+1/t13-,17-,18+,20+/m1/s1. The summed E-state index contributed by atoms with van der Waals surface area (Å²) in [6, 6.07) is 5.68. The molecule has 2 aromatic carbocycles. The Morgan fingerprint density at radius 2 is 1.52 bits per heavy atom. The number of benzene rings is 2. The first kappa shape index (κ1) is 20.8. The van der Waals surface area contributed by atoms with Crippen molar-refractivity contribution in [3.63, 3.8) is 0 Å². The Labute approximate surface area is 173 Å². The molecule has 3 aromatic rings. The minimum atomic E-state index is -1.64. The number of rotatable bonds is 3. The second kappa shape index (κ2) is 7.63. The van der Waals surface area contributed by atoms with Gasteiger partial charge in [0.2, 0.25) is 12.0 Å². The molecule has 4 atom stereocenters. The molecule has 1 saturated heterocycles. The van der Waals surface area contributed by atoms with Gasteiger partial charge in [-0.1, -0.05) is 0 Å². The van der Waals surface area contributed by atoms with Crippen LogP contribution in [0.3, 0.4) is 0 Å². The predicted molar refractivity (Wildman–Crippen MR) is 103 cm³/mol. The van der Waals surface area contributed by atoms with Crippen molar-refractivity contribution >= 4 is 11.0 Å². The summed E-state index contributed by atoms with van der Waals surface area (Å²) in [5.74, 6) is -3.03. The SMILES string of the molecule is Oc1cc(O)c2cc(O[C@@H]3OC[C@@H](O)[C@@H](O)[C@@H]3O)c(-c3cc(O)c(O)c(O)c3)[o+]c2c1. The smallest absolute Gasteiger partial charge is 0.402 e. The van der Waals surface area contributed by atoms with Crippen molar-refractivity contribution in [3.8, 4) is 45.8 Å². The number of phenolic OH excluding ortho intramolecular Hbond substituents is 5. The molecule has 4 rings (SSSR count). The maximum Gasteiger partial charge on any atom is 0.402 e. The van der Waals surface area contributed by atoms with Crippen LogP contribution in [0, 0.1) is 0 Å². The van der Waals surface area contributed by atoms with Crippen LogP contribution in [0.5, 0.6) is 34.5 Å². The Bertz CT molecular complexity index is 1120. The lowest BCUT2D eigenvalue weighted by Gasteiger charge is -2.34. The highest BCUT2D eigenvalue weighted by Crippen LogP contribution is 2.44. The first-order valence-corrected chi connectivity index (χ1v) is 9.06. The van der Waals surface area contributed by atoms with Crippen molar-refractivity contribution in [2.24, 2.45) is 0 Å². The maximum absolute atomic E-state index is 10.2. The summed E-state index contributed by atoms with van der Waals surface area (Å²) in [5.41, 5.74) is 0.0332. The molecule has 1 fully saturated rings. The largest absolute Gasteiger partial charge is 0.507 e. The van der Waals surface area contributed by atoms with Gasteiger partial charge in [-0.15, -0.1) is 0 Å². The second-order valence-electron chi connectivity index (χ2n) is 7.05. The number of ether oxygens (including phenoxy) is 2. The lowest BCUT2D eigenvalue weighted by Crippen LogP contribution is -2.54. The fourth-order valence-electron chi connectivity index (χ4n) is 3.22. The molecule has 31 heavy (non-hydrogen) atoms. The summed E-state index contributed by atoms with van der Waals surface area (Å²) in [5, 5.41) is 79.0. The topological polar surface area (TPSA) is 192 Å².